The molecule has 0 aliphatic heterocycles. The largest absolute Gasteiger partial charge is 0.218 e. The van der Waals surface area contributed by atoms with Crippen molar-refractivity contribution in [3.05, 3.63) is 68.9 Å². The molecule has 1 aromatic heterocycles. The SMILES string of the molecule is Cc1c(/C=C(\C#N)S(=O)(=O)c2ccc(Cl)cc2)sc2ccccc12. The number of halogens is 1. The van der Waals surface area contributed by atoms with Crippen molar-refractivity contribution in [2.24, 2.45) is 0 Å². The summed E-state index contributed by atoms with van der Waals surface area (Å²) < 4.78 is 26.4. The van der Waals surface area contributed by atoms with Crippen molar-refractivity contribution in [1.82, 2.24) is 0 Å². The lowest BCUT2D eigenvalue weighted by Gasteiger charge is -2.03. The van der Waals surface area contributed by atoms with E-state index in [-0.39, 0.29) is 9.80 Å². The average Bonchev–Trinajstić information content (AvgIpc) is 2.89. The summed E-state index contributed by atoms with van der Waals surface area (Å²) in [5.41, 5.74) is 0.967. The lowest BCUT2D eigenvalue weighted by atomic mass is 10.1. The van der Waals surface area contributed by atoms with E-state index in [1.54, 1.807) is 0 Å². The van der Waals surface area contributed by atoms with E-state index in [2.05, 4.69) is 0 Å². The molecule has 0 aliphatic rings. The van der Waals surface area contributed by atoms with E-state index in [4.69, 9.17) is 11.6 Å². The number of fused-ring (bicyclic) bond motifs is 1. The maximum atomic E-state index is 12.7. The van der Waals surface area contributed by atoms with Gasteiger partial charge in [0, 0.05) is 14.6 Å². The van der Waals surface area contributed by atoms with Crippen LogP contribution in [0.3, 0.4) is 0 Å². The Bertz CT molecular complexity index is 1090. The zero-order valence-electron chi connectivity index (χ0n) is 12.7. The Morgan fingerprint density at radius 1 is 1.17 bits per heavy atom. The Balaban J connectivity index is 2.13. The van der Waals surface area contributed by atoms with Gasteiger partial charge in [-0.15, -0.1) is 11.3 Å². The maximum absolute atomic E-state index is 12.7. The van der Waals surface area contributed by atoms with Gasteiger partial charge in [0.1, 0.15) is 6.07 Å². The van der Waals surface area contributed by atoms with Gasteiger partial charge in [0.2, 0.25) is 9.84 Å². The van der Waals surface area contributed by atoms with E-state index in [1.807, 2.05) is 37.3 Å². The second-order valence-electron chi connectivity index (χ2n) is 5.17. The molecular formula is C18H12ClNO2S2. The van der Waals surface area contributed by atoms with Crippen LogP contribution in [-0.2, 0) is 9.84 Å². The van der Waals surface area contributed by atoms with Gasteiger partial charge < -0.3 is 0 Å². The molecule has 0 bridgehead atoms. The molecule has 0 atom stereocenters. The minimum atomic E-state index is -3.87. The molecule has 0 saturated carbocycles. The predicted octanol–water partition coefficient (Wildman–Crippen LogP) is 5.20. The predicted molar refractivity (Wildman–Crippen MR) is 98.8 cm³/mol. The highest BCUT2D eigenvalue weighted by molar-refractivity contribution is 7.95. The fourth-order valence-corrected chi connectivity index (χ4v) is 4.86. The molecule has 0 radical (unpaired) electrons. The second kappa shape index (κ2) is 6.40. The van der Waals surface area contributed by atoms with E-state index in [0.29, 0.717) is 5.02 Å². The second-order valence-corrected chi connectivity index (χ2v) is 8.60. The monoisotopic (exact) mass is 373 g/mol. The number of hydrogen-bond acceptors (Lipinski definition) is 4. The number of thiophene rings is 1. The van der Waals surface area contributed by atoms with Crippen LogP contribution in [0.15, 0.2) is 58.3 Å². The minimum Gasteiger partial charge on any atom is -0.218 e. The molecule has 0 amide bonds. The Morgan fingerprint density at radius 2 is 1.83 bits per heavy atom. The summed E-state index contributed by atoms with van der Waals surface area (Å²) in [6.07, 6.45) is 1.45. The fraction of sp³-hybridized carbons (Fsp3) is 0.0556. The fourth-order valence-electron chi connectivity index (χ4n) is 2.36. The maximum Gasteiger partial charge on any atom is 0.216 e. The molecule has 2 aromatic carbocycles. The van der Waals surface area contributed by atoms with E-state index in [0.717, 1.165) is 20.5 Å². The van der Waals surface area contributed by atoms with Gasteiger partial charge in [0.05, 0.1) is 4.90 Å². The lowest BCUT2D eigenvalue weighted by Crippen LogP contribution is -2.03. The highest BCUT2D eigenvalue weighted by Gasteiger charge is 2.21. The Labute approximate surface area is 149 Å². The van der Waals surface area contributed by atoms with Gasteiger partial charge >= 0.3 is 0 Å². The summed E-state index contributed by atoms with van der Waals surface area (Å²) in [5, 5.41) is 10.9. The van der Waals surface area contributed by atoms with Gasteiger partial charge in [-0.2, -0.15) is 5.26 Å². The molecule has 6 heteroatoms. The molecule has 24 heavy (non-hydrogen) atoms. The minimum absolute atomic E-state index is 0.0541. The van der Waals surface area contributed by atoms with Gasteiger partial charge in [-0.25, -0.2) is 8.42 Å². The van der Waals surface area contributed by atoms with Crippen LogP contribution in [0.5, 0.6) is 0 Å². The number of nitriles is 1. The van der Waals surface area contributed by atoms with Crippen LogP contribution in [0.1, 0.15) is 10.4 Å². The number of hydrogen-bond donors (Lipinski definition) is 0. The molecule has 0 unspecified atom stereocenters. The third-order valence-corrected chi connectivity index (χ3v) is 6.82. The number of nitrogens with zero attached hydrogens (tertiary/aromatic N) is 1. The van der Waals surface area contributed by atoms with Crippen molar-refractivity contribution in [3.63, 3.8) is 0 Å². The molecule has 1 heterocycles. The molecule has 0 spiro atoms. The third-order valence-electron chi connectivity index (χ3n) is 3.67. The van der Waals surface area contributed by atoms with Crippen LogP contribution in [0.4, 0.5) is 0 Å². The number of allylic oxidation sites excluding steroid dienone is 1. The standard InChI is InChI=1S/C18H12ClNO2S2/c1-12-16-4-2-3-5-17(16)23-18(12)10-15(11-20)24(21,22)14-8-6-13(19)7-9-14/h2-10H,1H3/b15-10+. The Kier molecular flexibility index (Phi) is 4.46. The zero-order chi connectivity index (χ0) is 17.3. The van der Waals surface area contributed by atoms with Crippen molar-refractivity contribution < 1.29 is 8.42 Å². The van der Waals surface area contributed by atoms with Crippen LogP contribution >= 0.6 is 22.9 Å². The van der Waals surface area contributed by atoms with Crippen molar-refractivity contribution in [1.29, 1.82) is 5.26 Å². The van der Waals surface area contributed by atoms with Crippen molar-refractivity contribution in [3.8, 4) is 6.07 Å². The first-order chi connectivity index (χ1) is 11.4. The molecule has 3 aromatic rings. The molecule has 0 N–H and O–H groups in total. The summed E-state index contributed by atoms with van der Waals surface area (Å²) in [6, 6.07) is 15.4. The van der Waals surface area contributed by atoms with Gasteiger partial charge in [-0.3, -0.25) is 0 Å². The van der Waals surface area contributed by atoms with E-state index < -0.39 is 9.84 Å². The van der Waals surface area contributed by atoms with E-state index in [1.165, 1.54) is 41.7 Å². The van der Waals surface area contributed by atoms with Gasteiger partial charge in [0.15, 0.2) is 4.91 Å². The van der Waals surface area contributed by atoms with Gasteiger partial charge in [-0.05, 0) is 54.3 Å². The Morgan fingerprint density at radius 3 is 2.46 bits per heavy atom. The van der Waals surface area contributed by atoms with E-state index in [9.17, 15) is 13.7 Å². The van der Waals surface area contributed by atoms with Crippen molar-refractivity contribution >= 4 is 48.9 Å². The first kappa shape index (κ1) is 16.7. The number of rotatable bonds is 3. The summed E-state index contributed by atoms with van der Waals surface area (Å²) in [6.45, 7) is 1.93. The van der Waals surface area contributed by atoms with Gasteiger partial charge in [-0.1, -0.05) is 29.8 Å². The molecule has 0 aliphatic carbocycles. The van der Waals surface area contributed by atoms with Crippen LogP contribution in [0.25, 0.3) is 16.2 Å². The summed E-state index contributed by atoms with van der Waals surface area (Å²) in [7, 11) is -3.87. The molecule has 0 saturated heterocycles. The van der Waals surface area contributed by atoms with Crippen LogP contribution in [-0.4, -0.2) is 8.42 Å². The highest BCUT2D eigenvalue weighted by Crippen LogP contribution is 2.33. The molecule has 3 rings (SSSR count). The number of benzene rings is 2. The van der Waals surface area contributed by atoms with Crippen LogP contribution in [0, 0.1) is 18.3 Å². The first-order valence-electron chi connectivity index (χ1n) is 7.04. The van der Waals surface area contributed by atoms with E-state index >= 15 is 0 Å². The van der Waals surface area contributed by atoms with Crippen LogP contribution < -0.4 is 0 Å². The summed E-state index contributed by atoms with van der Waals surface area (Å²) in [5.74, 6) is 0. The highest BCUT2D eigenvalue weighted by atomic mass is 35.5. The number of aryl methyl sites for hydroxylation is 1. The molecular weight excluding hydrogens is 362 g/mol. The molecule has 0 fully saturated rings. The first-order valence-corrected chi connectivity index (χ1v) is 9.72. The van der Waals surface area contributed by atoms with Gasteiger partial charge in [0.25, 0.3) is 0 Å². The quantitative estimate of drug-likeness (QED) is 0.593. The summed E-state index contributed by atoms with van der Waals surface area (Å²) in [4.78, 5) is 0.545. The zero-order valence-corrected chi connectivity index (χ0v) is 15.0. The molecule has 120 valence electrons. The normalized spacial score (nSPS) is 12.3. The van der Waals surface area contributed by atoms with Crippen LogP contribution in [0.2, 0.25) is 5.02 Å². The topological polar surface area (TPSA) is 57.9 Å². The number of sulfone groups is 1. The average molecular weight is 374 g/mol. The van der Waals surface area contributed by atoms with Crippen molar-refractivity contribution in [2.45, 2.75) is 11.8 Å². The summed E-state index contributed by atoms with van der Waals surface area (Å²) >= 11 is 7.27. The molecule has 3 nitrogen and oxygen atoms in total. The smallest absolute Gasteiger partial charge is 0.216 e. The Hall–Kier alpha value is -2.13. The van der Waals surface area contributed by atoms with Crippen molar-refractivity contribution in [2.75, 3.05) is 0 Å². The lowest BCUT2D eigenvalue weighted by molar-refractivity contribution is 0.603. The third kappa shape index (κ3) is 2.96.